The highest BCUT2D eigenvalue weighted by Gasteiger charge is 2.23. The van der Waals surface area contributed by atoms with Crippen LogP contribution in [0.1, 0.15) is 6.92 Å². The number of rotatable bonds is 1. The second-order valence-electron chi connectivity index (χ2n) is 2.37. The molecular formula is C8H8F8. The van der Waals surface area contributed by atoms with Crippen molar-refractivity contribution in [1.82, 2.24) is 0 Å². The largest absolute Gasteiger partial charge is 0.412 e. The molecule has 0 aromatic heterocycles. The highest BCUT2D eigenvalue weighted by Crippen LogP contribution is 2.18. The molecule has 0 radical (unpaired) electrons. The maximum Gasteiger partial charge on any atom is 0.412 e. The van der Waals surface area contributed by atoms with Crippen molar-refractivity contribution in [2.24, 2.45) is 0 Å². The summed E-state index contributed by atoms with van der Waals surface area (Å²) in [6.07, 6.45) is -9.00. The molecule has 0 aliphatic rings. The first-order valence-corrected chi connectivity index (χ1v) is 3.70. The van der Waals surface area contributed by atoms with Crippen LogP contribution in [0.5, 0.6) is 0 Å². The molecule has 0 unspecified atom stereocenters. The highest BCUT2D eigenvalue weighted by atomic mass is 19.4. The van der Waals surface area contributed by atoms with E-state index in [9.17, 15) is 35.1 Å². The van der Waals surface area contributed by atoms with E-state index in [1.54, 1.807) is 0 Å². The van der Waals surface area contributed by atoms with Gasteiger partial charge in [-0.15, -0.1) is 0 Å². The number of hydrogen-bond acceptors (Lipinski definition) is 0. The van der Waals surface area contributed by atoms with E-state index in [4.69, 9.17) is 0 Å². The van der Waals surface area contributed by atoms with Crippen LogP contribution in [-0.2, 0) is 0 Å². The fraction of sp³-hybridized carbons (Fsp3) is 0.500. The number of allylic oxidation sites excluding steroid dienone is 4. The lowest BCUT2D eigenvalue weighted by Gasteiger charge is -1.95. The van der Waals surface area contributed by atoms with Gasteiger partial charge in [0.1, 0.15) is 12.5 Å². The molecule has 96 valence electrons. The SMILES string of the molecule is CC(F)=CC(F)(F)F.FCC=CC(F)(F)F. The molecule has 0 aromatic carbocycles. The zero-order chi connectivity index (χ0) is 13.4. The Bertz CT molecular complexity index is 227. The van der Waals surface area contributed by atoms with Crippen LogP contribution in [0.3, 0.4) is 0 Å². The normalized spacial score (nSPS) is 13.7. The quantitative estimate of drug-likeness (QED) is 0.478. The summed E-state index contributed by atoms with van der Waals surface area (Å²) < 4.78 is 88.2. The van der Waals surface area contributed by atoms with Crippen molar-refractivity contribution in [3.05, 3.63) is 24.1 Å². The first-order valence-electron chi connectivity index (χ1n) is 3.70. The van der Waals surface area contributed by atoms with Gasteiger partial charge in [-0.05, 0) is 13.0 Å². The maximum atomic E-state index is 11.3. The third-order valence-electron chi connectivity index (χ3n) is 0.758. The molecule has 0 atom stereocenters. The fourth-order valence-corrected chi connectivity index (χ4v) is 0.404. The van der Waals surface area contributed by atoms with Gasteiger partial charge in [-0.1, -0.05) is 0 Å². The lowest BCUT2D eigenvalue weighted by atomic mass is 10.5. The summed E-state index contributed by atoms with van der Waals surface area (Å²) in [4.78, 5) is 0. The molecule has 16 heavy (non-hydrogen) atoms. The van der Waals surface area contributed by atoms with Crippen molar-refractivity contribution in [1.29, 1.82) is 0 Å². The summed E-state index contributed by atoms with van der Waals surface area (Å²) >= 11 is 0. The van der Waals surface area contributed by atoms with E-state index < -0.39 is 30.9 Å². The van der Waals surface area contributed by atoms with E-state index in [1.165, 1.54) is 0 Å². The molecule has 0 saturated heterocycles. The summed E-state index contributed by atoms with van der Waals surface area (Å²) in [7, 11) is 0. The molecule has 0 aliphatic carbocycles. The molecule has 0 fully saturated rings. The van der Waals surface area contributed by atoms with Crippen LogP contribution in [0.2, 0.25) is 0 Å². The second-order valence-corrected chi connectivity index (χ2v) is 2.37. The Morgan fingerprint density at radius 1 is 1.00 bits per heavy atom. The molecule has 8 heteroatoms. The van der Waals surface area contributed by atoms with Gasteiger partial charge in [-0.2, -0.15) is 26.3 Å². The predicted octanol–water partition coefficient (Wildman–Crippen LogP) is 4.50. The van der Waals surface area contributed by atoms with Gasteiger partial charge in [0.05, 0.1) is 6.08 Å². The van der Waals surface area contributed by atoms with Gasteiger partial charge in [0.2, 0.25) is 0 Å². The summed E-state index contributed by atoms with van der Waals surface area (Å²) in [5.74, 6) is -1.22. The van der Waals surface area contributed by atoms with E-state index in [0.717, 1.165) is 6.92 Å². The van der Waals surface area contributed by atoms with Crippen molar-refractivity contribution in [3.8, 4) is 0 Å². The first-order chi connectivity index (χ1) is 6.98. The zero-order valence-electron chi connectivity index (χ0n) is 7.96. The minimum Gasteiger partial charge on any atom is -0.247 e. The van der Waals surface area contributed by atoms with Crippen LogP contribution in [0.25, 0.3) is 0 Å². The molecular weight excluding hydrogens is 248 g/mol. The molecule has 0 aromatic rings. The van der Waals surface area contributed by atoms with Gasteiger partial charge in [-0.25, -0.2) is 8.78 Å². The third kappa shape index (κ3) is 23.1. The first kappa shape index (κ1) is 17.3. The van der Waals surface area contributed by atoms with Gasteiger partial charge < -0.3 is 0 Å². The lowest BCUT2D eigenvalue weighted by Crippen LogP contribution is -2.00. The standard InChI is InChI=1S/2C4H4F4/c1-3(5)2-4(6,7)8;5-3-1-2-4(6,7)8/h2H,1H3;1-2H,3H2. The molecule has 0 amide bonds. The summed E-state index contributed by atoms with van der Waals surface area (Å²) in [5.41, 5.74) is 0. The van der Waals surface area contributed by atoms with Crippen molar-refractivity contribution < 1.29 is 35.1 Å². The van der Waals surface area contributed by atoms with Crippen LogP contribution in [0.4, 0.5) is 35.1 Å². The average Bonchev–Trinajstić information content (AvgIpc) is 1.95. The Morgan fingerprint density at radius 3 is 1.50 bits per heavy atom. The topological polar surface area (TPSA) is 0 Å². The molecule has 0 bridgehead atoms. The molecule has 0 aliphatic heterocycles. The van der Waals surface area contributed by atoms with Crippen LogP contribution in [-0.4, -0.2) is 19.0 Å². The van der Waals surface area contributed by atoms with E-state index in [2.05, 4.69) is 0 Å². The third-order valence-corrected chi connectivity index (χ3v) is 0.758. The lowest BCUT2D eigenvalue weighted by molar-refractivity contribution is -0.0818. The Labute approximate surface area is 86.2 Å². The van der Waals surface area contributed by atoms with Gasteiger partial charge >= 0.3 is 12.4 Å². The molecule has 0 nitrogen and oxygen atoms in total. The van der Waals surface area contributed by atoms with Crippen molar-refractivity contribution >= 4 is 0 Å². The van der Waals surface area contributed by atoms with E-state index >= 15 is 0 Å². The Balaban J connectivity index is 0. The Hall–Kier alpha value is -1.08. The van der Waals surface area contributed by atoms with E-state index in [0.29, 0.717) is 6.08 Å². The monoisotopic (exact) mass is 256 g/mol. The second kappa shape index (κ2) is 7.24. The smallest absolute Gasteiger partial charge is 0.247 e. The van der Waals surface area contributed by atoms with Gasteiger partial charge in [0, 0.05) is 6.08 Å². The molecule has 0 heterocycles. The van der Waals surface area contributed by atoms with Crippen molar-refractivity contribution in [3.63, 3.8) is 0 Å². The van der Waals surface area contributed by atoms with E-state index in [1.807, 2.05) is 0 Å². The Morgan fingerprint density at radius 2 is 1.44 bits per heavy atom. The molecule has 0 saturated carbocycles. The average molecular weight is 256 g/mol. The van der Waals surface area contributed by atoms with Gasteiger partial charge in [0.25, 0.3) is 0 Å². The van der Waals surface area contributed by atoms with Crippen LogP contribution in [0, 0.1) is 0 Å². The van der Waals surface area contributed by atoms with Gasteiger partial charge in [0.15, 0.2) is 0 Å². The minimum absolute atomic E-state index is 0.132. The van der Waals surface area contributed by atoms with Crippen LogP contribution >= 0.6 is 0 Å². The maximum absolute atomic E-state index is 11.3. The predicted molar refractivity (Wildman–Crippen MR) is 42.1 cm³/mol. The summed E-state index contributed by atoms with van der Waals surface area (Å²) in [5, 5.41) is 0. The van der Waals surface area contributed by atoms with Crippen LogP contribution in [0.15, 0.2) is 24.1 Å². The highest BCUT2D eigenvalue weighted by molar-refractivity contribution is 4.92. The molecule has 0 rings (SSSR count). The zero-order valence-corrected chi connectivity index (χ0v) is 7.96. The number of hydrogen-bond donors (Lipinski definition) is 0. The number of halogens is 8. The van der Waals surface area contributed by atoms with E-state index in [-0.39, 0.29) is 6.08 Å². The fourth-order valence-electron chi connectivity index (χ4n) is 0.404. The van der Waals surface area contributed by atoms with Crippen molar-refractivity contribution in [2.75, 3.05) is 6.67 Å². The number of alkyl halides is 7. The summed E-state index contributed by atoms with van der Waals surface area (Å²) in [6.45, 7) is -0.326. The molecule has 0 spiro atoms. The minimum atomic E-state index is -4.52. The Kier molecular flexibility index (Phi) is 7.83. The molecule has 0 N–H and O–H groups in total. The van der Waals surface area contributed by atoms with Gasteiger partial charge in [-0.3, -0.25) is 0 Å². The summed E-state index contributed by atoms with van der Waals surface area (Å²) in [6, 6.07) is 0. The van der Waals surface area contributed by atoms with Crippen LogP contribution < -0.4 is 0 Å². The van der Waals surface area contributed by atoms with Crippen molar-refractivity contribution in [2.45, 2.75) is 19.3 Å².